The van der Waals surface area contributed by atoms with E-state index in [2.05, 4.69) is 15.6 Å². The summed E-state index contributed by atoms with van der Waals surface area (Å²) in [5.74, 6) is -1.34. The highest BCUT2D eigenvalue weighted by Crippen LogP contribution is 2.24. The molecular formula is C15H21N3O3. The van der Waals surface area contributed by atoms with E-state index in [4.69, 9.17) is 0 Å². The molecule has 1 aliphatic carbocycles. The summed E-state index contributed by atoms with van der Waals surface area (Å²) in [7, 11) is 0. The standard InChI is InChI=1S/C15H21N3O3/c1-10-7-11(9-16-8-10)17-15(21)18-13-6-4-2-3-5-12(13)14(19)20/h7-9,12-13H,2-6H2,1H3,(H,19,20)(H2,17,18,21). The summed E-state index contributed by atoms with van der Waals surface area (Å²) >= 11 is 0. The third-order valence-electron chi connectivity index (χ3n) is 3.78. The minimum absolute atomic E-state index is 0.317. The number of aromatic nitrogens is 1. The molecule has 1 saturated carbocycles. The van der Waals surface area contributed by atoms with E-state index in [1.165, 1.54) is 0 Å². The van der Waals surface area contributed by atoms with E-state index in [9.17, 15) is 14.7 Å². The van der Waals surface area contributed by atoms with Crippen molar-refractivity contribution >= 4 is 17.7 Å². The van der Waals surface area contributed by atoms with Gasteiger partial charge in [0.2, 0.25) is 0 Å². The van der Waals surface area contributed by atoms with E-state index in [-0.39, 0.29) is 12.1 Å². The van der Waals surface area contributed by atoms with Crippen molar-refractivity contribution in [2.24, 2.45) is 5.92 Å². The third kappa shape index (κ3) is 4.44. The number of pyridine rings is 1. The maximum Gasteiger partial charge on any atom is 0.319 e. The van der Waals surface area contributed by atoms with Gasteiger partial charge in [-0.2, -0.15) is 0 Å². The van der Waals surface area contributed by atoms with E-state index >= 15 is 0 Å². The Morgan fingerprint density at radius 3 is 2.71 bits per heavy atom. The van der Waals surface area contributed by atoms with Crippen LogP contribution < -0.4 is 10.6 Å². The molecule has 0 bridgehead atoms. The van der Waals surface area contributed by atoms with Gasteiger partial charge in [-0.15, -0.1) is 0 Å². The summed E-state index contributed by atoms with van der Waals surface area (Å²) in [5.41, 5.74) is 1.55. The molecule has 1 fully saturated rings. The van der Waals surface area contributed by atoms with Crippen molar-refractivity contribution in [3.63, 3.8) is 0 Å². The number of carboxylic acid groups (broad SMARTS) is 1. The van der Waals surface area contributed by atoms with Gasteiger partial charge in [0.25, 0.3) is 0 Å². The van der Waals surface area contributed by atoms with Gasteiger partial charge in [-0.1, -0.05) is 19.3 Å². The average molecular weight is 291 g/mol. The van der Waals surface area contributed by atoms with Gasteiger partial charge < -0.3 is 15.7 Å². The number of anilines is 1. The molecule has 1 aromatic heterocycles. The summed E-state index contributed by atoms with van der Waals surface area (Å²) in [6.07, 6.45) is 7.45. The molecule has 1 aliphatic rings. The molecule has 0 aromatic carbocycles. The molecule has 0 saturated heterocycles. The van der Waals surface area contributed by atoms with Crippen LogP contribution in [0.15, 0.2) is 18.5 Å². The minimum Gasteiger partial charge on any atom is -0.481 e. The normalized spacial score (nSPS) is 22.1. The van der Waals surface area contributed by atoms with E-state index in [0.717, 1.165) is 24.8 Å². The van der Waals surface area contributed by atoms with Crippen molar-refractivity contribution in [2.45, 2.75) is 45.1 Å². The highest BCUT2D eigenvalue weighted by molar-refractivity contribution is 5.89. The fraction of sp³-hybridized carbons (Fsp3) is 0.533. The first-order chi connectivity index (χ1) is 10.1. The second-order valence-electron chi connectivity index (χ2n) is 5.54. The number of aliphatic carboxylic acids is 1. The van der Waals surface area contributed by atoms with Crippen LogP contribution in [0.1, 0.15) is 37.7 Å². The largest absolute Gasteiger partial charge is 0.481 e. The van der Waals surface area contributed by atoms with Crippen molar-refractivity contribution in [2.75, 3.05) is 5.32 Å². The Morgan fingerprint density at radius 2 is 2.00 bits per heavy atom. The quantitative estimate of drug-likeness (QED) is 0.746. The predicted molar refractivity (Wildman–Crippen MR) is 79.1 cm³/mol. The molecule has 21 heavy (non-hydrogen) atoms. The van der Waals surface area contributed by atoms with Gasteiger partial charge in [-0.05, 0) is 31.4 Å². The van der Waals surface area contributed by atoms with Crippen molar-refractivity contribution in [1.29, 1.82) is 0 Å². The molecule has 3 N–H and O–H groups in total. The fourth-order valence-corrected chi connectivity index (χ4v) is 2.73. The van der Waals surface area contributed by atoms with Crippen LogP contribution in [0.3, 0.4) is 0 Å². The van der Waals surface area contributed by atoms with Crippen molar-refractivity contribution in [3.05, 3.63) is 24.0 Å². The minimum atomic E-state index is -0.834. The fourth-order valence-electron chi connectivity index (χ4n) is 2.73. The Hall–Kier alpha value is -2.11. The Morgan fingerprint density at radius 1 is 1.24 bits per heavy atom. The molecule has 2 amide bonds. The number of carboxylic acids is 1. The number of nitrogens with one attached hydrogen (secondary N) is 2. The van der Waals surface area contributed by atoms with Gasteiger partial charge in [-0.25, -0.2) is 4.79 Å². The van der Waals surface area contributed by atoms with Crippen LogP contribution in [0.25, 0.3) is 0 Å². The molecular weight excluding hydrogens is 270 g/mol. The van der Waals surface area contributed by atoms with Crippen LogP contribution in [0.5, 0.6) is 0 Å². The summed E-state index contributed by atoms with van der Waals surface area (Å²) < 4.78 is 0. The lowest BCUT2D eigenvalue weighted by molar-refractivity contribution is -0.142. The zero-order chi connectivity index (χ0) is 15.2. The molecule has 2 rings (SSSR count). The number of hydrogen-bond donors (Lipinski definition) is 3. The first kappa shape index (κ1) is 15.3. The lowest BCUT2D eigenvalue weighted by Crippen LogP contribution is -2.44. The molecule has 0 spiro atoms. The van der Waals surface area contributed by atoms with Crippen LogP contribution >= 0.6 is 0 Å². The SMILES string of the molecule is Cc1cncc(NC(=O)NC2CCCCCC2C(=O)O)c1. The van der Waals surface area contributed by atoms with Crippen LogP contribution in [-0.4, -0.2) is 28.1 Å². The van der Waals surface area contributed by atoms with E-state index in [1.807, 2.05) is 13.0 Å². The number of urea groups is 1. The molecule has 0 aliphatic heterocycles. The monoisotopic (exact) mass is 291 g/mol. The molecule has 2 unspecified atom stereocenters. The highest BCUT2D eigenvalue weighted by Gasteiger charge is 2.30. The lowest BCUT2D eigenvalue weighted by atomic mass is 9.95. The maximum absolute atomic E-state index is 12.0. The van der Waals surface area contributed by atoms with Crippen molar-refractivity contribution in [1.82, 2.24) is 10.3 Å². The predicted octanol–water partition coefficient (Wildman–Crippen LogP) is 2.55. The Balaban J connectivity index is 1.97. The highest BCUT2D eigenvalue weighted by atomic mass is 16.4. The van der Waals surface area contributed by atoms with Gasteiger partial charge in [0.05, 0.1) is 17.8 Å². The molecule has 1 aromatic rings. The lowest BCUT2D eigenvalue weighted by Gasteiger charge is -2.23. The second kappa shape index (κ2) is 7.06. The van der Waals surface area contributed by atoms with E-state index < -0.39 is 11.9 Å². The number of aryl methyl sites for hydroxylation is 1. The molecule has 6 heteroatoms. The van der Waals surface area contributed by atoms with Gasteiger partial charge >= 0.3 is 12.0 Å². The molecule has 1 heterocycles. The van der Waals surface area contributed by atoms with E-state index in [0.29, 0.717) is 18.5 Å². The van der Waals surface area contributed by atoms with Crippen LogP contribution in [-0.2, 0) is 4.79 Å². The summed E-state index contributed by atoms with van der Waals surface area (Å²) in [6, 6.07) is 1.12. The second-order valence-corrected chi connectivity index (χ2v) is 5.54. The zero-order valence-corrected chi connectivity index (χ0v) is 12.1. The number of amides is 2. The Kier molecular flexibility index (Phi) is 5.14. The Bertz CT molecular complexity index is 519. The first-order valence-electron chi connectivity index (χ1n) is 7.28. The maximum atomic E-state index is 12.0. The summed E-state index contributed by atoms with van der Waals surface area (Å²) in [4.78, 5) is 27.4. The van der Waals surface area contributed by atoms with Gasteiger partial charge in [0.15, 0.2) is 0 Å². The number of hydrogen-bond acceptors (Lipinski definition) is 3. The molecule has 2 atom stereocenters. The zero-order valence-electron chi connectivity index (χ0n) is 12.1. The first-order valence-corrected chi connectivity index (χ1v) is 7.28. The van der Waals surface area contributed by atoms with Crippen LogP contribution in [0.4, 0.5) is 10.5 Å². The van der Waals surface area contributed by atoms with Gasteiger partial charge in [-0.3, -0.25) is 9.78 Å². The molecule has 0 radical (unpaired) electrons. The third-order valence-corrected chi connectivity index (χ3v) is 3.78. The smallest absolute Gasteiger partial charge is 0.319 e. The number of carbonyl (C=O) groups excluding carboxylic acids is 1. The summed E-state index contributed by atoms with van der Waals surface area (Å²) in [6.45, 7) is 1.89. The summed E-state index contributed by atoms with van der Waals surface area (Å²) in [5, 5.41) is 14.8. The Labute approximate surface area is 124 Å². The van der Waals surface area contributed by atoms with Crippen LogP contribution in [0, 0.1) is 12.8 Å². The average Bonchev–Trinajstić information content (AvgIpc) is 2.64. The van der Waals surface area contributed by atoms with Gasteiger partial charge in [0, 0.05) is 12.2 Å². The van der Waals surface area contributed by atoms with Gasteiger partial charge in [0.1, 0.15) is 0 Å². The van der Waals surface area contributed by atoms with Crippen molar-refractivity contribution < 1.29 is 14.7 Å². The van der Waals surface area contributed by atoms with E-state index in [1.54, 1.807) is 12.4 Å². The number of nitrogens with zero attached hydrogens (tertiary/aromatic N) is 1. The number of rotatable bonds is 3. The van der Waals surface area contributed by atoms with Crippen molar-refractivity contribution in [3.8, 4) is 0 Å². The topological polar surface area (TPSA) is 91.3 Å². The molecule has 6 nitrogen and oxygen atoms in total. The van der Waals surface area contributed by atoms with Crippen LogP contribution in [0.2, 0.25) is 0 Å². The molecule has 114 valence electrons. The number of carbonyl (C=O) groups is 2.